The van der Waals surface area contributed by atoms with Crippen LogP contribution < -0.4 is 0 Å². The molecule has 0 bridgehead atoms. The lowest BCUT2D eigenvalue weighted by Crippen LogP contribution is -2.42. The fraction of sp³-hybridized carbons (Fsp3) is 0.600. The zero-order chi connectivity index (χ0) is 10.8. The number of imide groups is 1. The summed E-state index contributed by atoms with van der Waals surface area (Å²) >= 11 is 0. The molecule has 2 rings (SSSR count). The molecule has 0 aromatic rings. The van der Waals surface area contributed by atoms with Gasteiger partial charge in [-0.15, -0.1) is 0 Å². The van der Waals surface area contributed by atoms with E-state index in [1.165, 1.54) is 12.2 Å². The molecule has 0 aromatic heterocycles. The van der Waals surface area contributed by atoms with E-state index in [1.807, 2.05) is 6.92 Å². The van der Waals surface area contributed by atoms with Gasteiger partial charge in [-0.2, -0.15) is 0 Å². The first kappa shape index (κ1) is 10.3. The van der Waals surface area contributed by atoms with E-state index >= 15 is 0 Å². The van der Waals surface area contributed by atoms with Gasteiger partial charge >= 0.3 is 0 Å². The molecule has 0 radical (unpaired) electrons. The summed E-state index contributed by atoms with van der Waals surface area (Å²) in [7, 11) is 0. The van der Waals surface area contributed by atoms with Crippen LogP contribution in [0.3, 0.4) is 0 Å². The van der Waals surface area contributed by atoms with Crippen molar-refractivity contribution in [2.75, 3.05) is 19.8 Å². The minimum Gasteiger partial charge on any atom is -0.350 e. The Morgan fingerprint density at radius 1 is 1.27 bits per heavy atom. The van der Waals surface area contributed by atoms with Crippen LogP contribution in [0.25, 0.3) is 0 Å². The first-order valence-electron chi connectivity index (χ1n) is 4.93. The van der Waals surface area contributed by atoms with Crippen molar-refractivity contribution in [1.29, 1.82) is 0 Å². The lowest BCUT2D eigenvalue weighted by molar-refractivity contribution is -0.204. The average Bonchev–Trinajstić information content (AvgIpc) is 2.53. The van der Waals surface area contributed by atoms with E-state index < -0.39 is 6.29 Å². The zero-order valence-corrected chi connectivity index (χ0v) is 8.51. The molecule has 5 heteroatoms. The molecule has 0 aliphatic carbocycles. The fourth-order valence-electron chi connectivity index (χ4n) is 1.50. The third-order valence-electron chi connectivity index (χ3n) is 2.37. The van der Waals surface area contributed by atoms with Gasteiger partial charge in [0.1, 0.15) is 0 Å². The van der Waals surface area contributed by atoms with Gasteiger partial charge < -0.3 is 9.47 Å². The van der Waals surface area contributed by atoms with Crippen LogP contribution in [0.5, 0.6) is 0 Å². The van der Waals surface area contributed by atoms with Crippen molar-refractivity contribution >= 4 is 11.8 Å². The van der Waals surface area contributed by atoms with E-state index in [4.69, 9.17) is 9.47 Å². The minimum atomic E-state index is -0.478. The number of ether oxygens (including phenoxy) is 2. The maximum Gasteiger partial charge on any atom is 0.253 e. The number of hydrogen-bond acceptors (Lipinski definition) is 4. The fourth-order valence-corrected chi connectivity index (χ4v) is 1.50. The topological polar surface area (TPSA) is 55.8 Å². The number of nitrogens with zero attached hydrogens (tertiary/aromatic N) is 1. The molecule has 1 saturated heterocycles. The molecule has 0 unspecified atom stereocenters. The molecule has 2 amide bonds. The van der Waals surface area contributed by atoms with Crippen LogP contribution >= 0.6 is 0 Å². The normalized spacial score (nSPS) is 31.4. The van der Waals surface area contributed by atoms with Crippen LogP contribution in [0.1, 0.15) is 6.92 Å². The van der Waals surface area contributed by atoms with Gasteiger partial charge in [-0.3, -0.25) is 14.5 Å². The number of rotatable bonds is 2. The van der Waals surface area contributed by atoms with Crippen LogP contribution in [0.4, 0.5) is 0 Å². The van der Waals surface area contributed by atoms with Gasteiger partial charge in [-0.05, 0) is 0 Å². The second-order valence-electron chi connectivity index (χ2n) is 3.82. The van der Waals surface area contributed by atoms with E-state index in [-0.39, 0.29) is 18.4 Å². The lowest BCUT2D eigenvalue weighted by atomic mass is 10.2. The highest BCUT2D eigenvalue weighted by atomic mass is 16.7. The van der Waals surface area contributed by atoms with Crippen molar-refractivity contribution in [2.24, 2.45) is 5.92 Å². The monoisotopic (exact) mass is 211 g/mol. The van der Waals surface area contributed by atoms with Crippen molar-refractivity contribution in [3.63, 3.8) is 0 Å². The first-order chi connectivity index (χ1) is 7.16. The highest BCUT2D eigenvalue weighted by molar-refractivity contribution is 6.12. The number of amides is 2. The third-order valence-corrected chi connectivity index (χ3v) is 2.37. The standard InChI is InChI=1S/C10H13NO4/c1-7-5-14-10(15-6-7)4-11-8(12)2-3-9(11)13/h2-3,7,10H,4-6H2,1H3. The maximum atomic E-state index is 11.2. The summed E-state index contributed by atoms with van der Waals surface area (Å²) in [5.41, 5.74) is 0. The van der Waals surface area contributed by atoms with Crippen LogP contribution in [-0.2, 0) is 19.1 Å². The molecule has 0 saturated carbocycles. The summed E-state index contributed by atoms with van der Waals surface area (Å²) in [4.78, 5) is 23.6. The Balaban J connectivity index is 1.87. The Morgan fingerprint density at radius 2 is 1.80 bits per heavy atom. The molecule has 2 heterocycles. The predicted molar refractivity (Wildman–Crippen MR) is 50.7 cm³/mol. The molecule has 0 atom stereocenters. The Bertz CT molecular complexity index is 287. The second kappa shape index (κ2) is 4.12. The van der Waals surface area contributed by atoms with E-state index in [0.29, 0.717) is 19.1 Å². The van der Waals surface area contributed by atoms with Crippen molar-refractivity contribution in [3.05, 3.63) is 12.2 Å². The minimum absolute atomic E-state index is 0.178. The summed E-state index contributed by atoms with van der Waals surface area (Å²) in [5.74, 6) is -0.235. The number of hydrogen-bond donors (Lipinski definition) is 0. The van der Waals surface area contributed by atoms with Crippen LogP contribution in [0.15, 0.2) is 12.2 Å². The predicted octanol–water partition coefficient (Wildman–Crippen LogP) is -0.0796. The number of carbonyl (C=O) groups excluding carboxylic acids is 2. The molecule has 0 aromatic carbocycles. The smallest absolute Gasteiger partial charge is 0.253 e. The van der Waals surface area contributed by atoms with Gasteiger partial charge in [0.25, 0.3) is 11.8 Å². The molecular formula is C10H13NO4. The van der Waals surface area contributed by atoms with Gasteiger partial charge in [0.15, 0.2) is 6.29 Å². The molecule has 15 heavy (non-hydrogen) atoms. The summed E-state index contributed by atoms with van der Waals surface area (Å²) in [6.07, 6.45) is 2.04. The van der Waals surface area contributed by atoms with Crippen LogP contribution in [0.2, 0.25) is 0 Å². The highest BCUT2D eigenvalue weighted by Crippen LogP contribution is 2.13. The Kier molecular flexibility index (Phi) is 2.83. The molecule has 1 fully saturated rings. The molecular weight excluding hydrogens is 198 g/mol. The second-order valence-corrected chi connectivity index (χ2v) is 3.82. The van der Waals surface area contributed by atoms with E-state index in [1.54, 1.807) is 0 Å². The van der Waals surface area contributed by atoms with Crippen molar-refractivity contribution < 1.29 is 19.1 Å². The SMILES string of the molecule is CC1COC(CN2C(=O)C=CC2=O)OC1. The summed E-state index contributed by atoms with van der Waals surface area (Å²) in [6.45, 7) is 3.41. The summed E-state index contributed by atoms with van der Waals surface area (Å²) in [6, 6.07) is 0. The first-order valence-corrected chi connectivity index (χ1v) is 4.93. The van der Waals surface area contributed by atoms with Gasteiger partial charge in [0, 0.05) is 18.1 Å². The van der Waals surface area contributed by atoms with Crippen LogP contribution in [-0.4, -0.2) is 42.8 Å². The zero-order valence-electron chi connectivity index (χ0n) is 8.51. The Hall–Kier alpha value is -1.20. The highest BCUT2D eigenvalue weighted by Gasteiger charge is 2.29. The van der Waals surface area contributed by atoms with Crippen molar-refractivity contribution in [2.45, 2.75) is 13.2 Å². The van der Waals surface area contributed by atoms with E-state index in [0.717, 1.165) is 4.90 Å². The van der Waals surface area contributed by atoms with Gasteiger partial charge in [-0.1, -0.05) is 6.92 Å². The molecule has 5 nitrogen and oxygen atoms in total. The summed E-state index contributed by atoms with van der Waals surface area (Å²) in [5, 5.41) is 0. The van der Waals surface area contributed by atoms with Gasteiger partial charge in [0.05, 0.1) is 19.8 Å². The van der Waals surface area contributed by atoms with Gasteiger partial charge in [-0.25, -0.2) is 0 Å². The van der Waals surface area contributed by atoms with Crippen molar-refractivity contribution in [3.8, 4) is 0 Å². The average molecular weight is 211 g/mol. The lowest BCUT2D eigenvalue weighted by Gasteiger charge is -2.29. The molecule has 0 spiro atoms. The maximum absolute atomic E-state index is 11.2. The molecule has 82 valence electrons. The van der Waals surface area contributed by atoms with Crippen LogP contribution in [0, 0.1) is 5.92 Å². The molecule has 2 aliphatic heterocycles. The molecule has 2 aliphatic rings. The van der Waals surface area contributed by atoms with E-state index in [2.05, 4.69) is 0 Å². The quantitative estimate of drug-likeness (QED) is 0.599. The van der Waals surface area contributed by atoms with Gasteiger partial charge in [0.2, 0.25) is 0 Å². The molecule has 0 N–H and O–H groups in total. The third kappa shape index (κ3) is 2.24. The Morgan fingerprint density at radius 3 is 2.33 bits per heavy atom. The Labute approximate surface area is 87.6 Å². The van der Waals surface area contributed by atoms with E-state index in [9.17, 15) is 9.59 Å². The number of carbonyl (C=O) groups is 2. The largest absolute Gasteiger partial charge is 0.350 e. The summed E-state index contributed by atoms with van der Waals surface area (Å²) < 4.78 is 10.7. The van der Waals surface area contributed by atoms with Crippen molar-refractivity contribution in [1.82, 2.24) is 4.90 Å².